The summed E-state index contributed by atoms with van der Waals surface area (Å²) in [7, 11) is 0. The van der Waals surface area contributed by atoms with Crippen LogP contribution in [0.4, 0.5) is 8.78 Å². The lowest BCUT2D eigenvalue weighted by Crippen LogP contribution is -1.96. The van der Waals surface area contributed by atoms with Crippen LogP contribution in [0.25, 0.3) is 0 Å². The quantitative estimate of drug-likeness (QED) is 0.931. The Kier molecular flexibility index (Phi) is 3.74. The van der Waals surface area contributed by atoms with Gasteiger partial charge < -0.3 is 9.84 Å². The molecule has 1 aromatic carbocycles. The molecule has 0 unspecified atom stereocenters. The summed E-state index contributed by atoms with van der Waals surface area (Å²) in [5, 5.41) is 9.09. The van der Waals surface area contributed by atoms with E-state index >= 15 is 0 Å². The highest BCUT2D eigenvalue weighted by molar-refractivity contribution is 6.30. The molecule has 0 aliphatic carbocycles. The molecule has 0 bridgehead atoms. The summed E-state index contributed by atoms with van der Waals surface area (Å²) in [6.07, 6.45) is 2.65. The van der Waals surface area contributed by atoms with E-state index in [-0.39, 0.29) is 11.3 Å². The van der Waals surface area contributed by atoms with Crippen LogP contribution in [-0.4, -0.2) is 10.1 Å². The Morgan fingerprint density at radius 1 is 1.17 bits per heavy atom. The first-order valence-corrected chi connectivity index (χ1v) is 5.35. The number of pyridine rings is 1. The highest BCUT2D eigenvalue weighted by Gasteiger charge is 2.13. The van der Waals surface area contributed by atoms with Crippen LogP contribution >= 0.6 is 11.6 Å². The summed E-state index contributed by atoms with van der Waals surface area (Å²) in [5.74, 6) is -2.24. The average Bonchev–Trinajstić information content (AvgIpc) is 2.33. The molecule has 0 spiro atoms. The van der Waals surface area contributed by atoms with Gasteiger partial charge in [0.25, 0.3) is 0 Å². The molecule has 0 saturated heterocycles. The van der Waals surface area contributed by atoms with Crippen LogP contribution in [0.1, 0.15) is 5.56 Å². The summed E-state index contributed by atoms with van der Waals surface area (Å²) < 4.78 is 32.2. The molecule has 1 aromatic heterocycles. The van der Waals surface area contributed by atoms with Crippen LogP contribution in [0, 0.1) is 11.6 Å². The molecule has 0 amide bonds. The van der Waals surface area contributed by atoms with Crippen LogP contribution in [0.3, 0.4) is 0 Å². The lowest BCUT2D eigenvalue weighted by molar-refractivity contribution is 0.279. The number of aliphatic hydroxyl groups is 1. The molecule has 1 heterocycles. The van der Waals surface area contributed by atoms with Crippen LogP contribution in [-0.2, 0) is 6.61 Å². The van der Waals surface area contributed by atoms with Gasteiger partial charge in [0.15, 0.2) is 17.4 Å². The molecular weight excluding hydrogens is 264 g/mol. The predicted octanol–water partition coefficient (Wildman–Crippen LogP) is 3.30. The Bertz CT molecular complexity index is 555. The van der Waals surface area contributed by atoms with Crippen molar-refractivity contribution in [3.63, 3.8) is 0 Å². The molecule has 0 radical (unpaired) electrons. The SMILES string of the molecule is OCc1cc(F)c(Oc2cncc(Cl)c2)c(F)c1. The fourth-order valence-corrected chi connectivity index (χ4v) is 1.53. The van der Waals surface area contributed by atoms with Gasteiger partial charge in [-0.15, -0.1) is 0 Å². The molecule has 0 fully saturated rings. The Balaban J connectivity index is 2.35. The first-order chi connectivity index (χ1) is 8.60. The van der Waals surface area contributed by atoms with Crippen LogP contribution in [0.5, 0.6) is 11.5 Å². The Morgan fingerprint density at radius 3 is 2.39 bits per heavy atom. The van der Waals surface area contributed by atoms with Gasteiger partial charge >= 0.3 is 0 Å². The summed E-state index contributed by atoms with van der Waals surface area (Å²) in [6, 6.07) is 3.38. The lowest BCUT2D eigenvalue weighted by atomic mass is 10.2. The molecule has 6 heteroatoms. The molecule has 2 rings (SSSR count). The average molecular weight is 272 g/mol. The zero-order valence-electron chi connectivity index (χ0n) is 9.03. The van der Waals surface area contributed by atoms with Crippen molar-refractivity contribution in [1.82, 2.24) is 4.98 Å². The van der Waals surface area contributed by atoms with Gasteiger partial charge in [0.05, 0.1) is 17.8 Å². The van der Waals surface area contributed by atoms with Crippen LogP contribution in [0.15, 0.2) is 30.6 Å². The van der Waals surface area contributed by atoms with Gasteiger partial charge in [-0.3, -0.25) is 4.98 Å². The number of ether oxygens (including phenoxy) is 1. The molecule has 0 saturated carbocycles. The minimum atomic E-state index is -0.904. The monoisotopic (exact) mass is 271 g/mol. The number of benzene rings is 1. The van der Waals surface area contributed by atoms with E-state index in [1.54, 1.807) is 0 Å². The fraction of sp³-hybridized carbons (Fsp3) is 0.0833. The number of hydrogen-bond donors (Lipinski definition) is 1. The number of hydrogen-bond acceptors (Lipinski definition) is 3. The van der Waals surface area contributed by atoms with E-state index in [4.69, 9.17) is 21.4 Å². The van der Waals surface area contributed by atoms with Gasteiger partial charge in [-0.2, -0.15) is 0 Å². The summed E-state index contributed by atoms with van der Waals surface area (Å²) in [5.41, 5.74) is 0.126. The van der Waals surface area contributed by atoms with E-state index in [0.29, 0.717) is 5.02 Å². The van der Waals surface area contributed by atoms with Crippen LogP contribution in [0.2, 0.25) is 5.02 Å². The van der Waals surface area contributed by atoms with Crippen molar-refractivity contribution in [2.45, 2.75) is 6.61 Å². The van der Waals surface area contributed by atoms with Crippen molar-refractivity contribution in [2.24, 2.45) is 0 Å². The van der Waals surface area contributed by atoms with E-state index in [1.807, 2.05) is 0 Å². The zero-order chi connectivity index (χ0) is 13.1. The molecule has 3 nitrogen and oxygen atoms in total. The molecule has 18 heavy (non-hydrogen) atoms. The highest BCUT2D eigenvalue weighted by atomic mass is 35.5. The van der Waals surface area contributed by atoms with E-state index in [9.17, 15) is 8.78 Å². The number of halogens is 3. The first-order valence-electron chi connectivity index (χ1n) is 4.97. The molecular formula is C12H8ClF2NO2. The van der Waals surface area contributed by atoms with Gasteiger partial charge in [0.1, 0.15) is 5.75 Å². The van der Waals surface area contributed by atoms with Crippen LogP contribution < -0.4 is 4.74 Å². The van der Waals surface area contributed by atoms with Gasteiger partial charge in [-0.1, -0.05) is 11.6 Å². The number of aromatic nitrogens is 1. The molecule has 1 N–H and O–H groups in total. The zero-order valence-corrected chi connectivity index (χ0v) is 9.79. The minimum absolute atomic E-state index is 0.122. The predicted molar refractivity (Wildman–Crippen MR) is 61.6 cm³/mol. The standard InChI is InChI=1S/C12H8ClF2NO2/c13-8-3-9(5-16-4-8)18-12-10(14)1-7(6-17)2-11(12)15/h1-5,17H,6H2. The van der Waals surface area contributed by atoms with Gasteiger partial charge in [-0.05, 0) is 17.7 Å². The second-order valence-corrected chi connectivity index (χ2v) is 3.92. The maximum absolute atomic E-state index is 13.6. The Hall–Kier alpha value is -1.72. The molecule has 0 aliphatic heterocycles. The van der Waals surface area contributed by atoms with Crippen molar-refractivity contribution in [3.8, 4) is 11.5 Å². The second kappa shape index (κ2) is 5.29. The normalized spacial score (nSPS) is 10.4. The maximum Gasteiger partial charge on any atom is 0.198 e. The third kappa shape index (κ3) is 2.75. The second-order valence-electron chi connectivity index (χ2n) is 3.49. The topological polar surface area (TPSA) is 42.4 Å². The molecule has 0 atom stereocenters. The molecule has 0 aliphatic rings. The van der Waals surface area contributed by atoms with E-state index < -0.39 is 24.0 Å². The Morgan fingerprint density at radius 2 is 1.83 bits per heavy atom. The van der Waals surface area contributed by atoms with Gasteiger partial charge in [0.2, 0.25) is 0 Å². The summed E-state index contributed by atoms with van der Waals surface area (Å²) in [6.45, 7) is -0.452. The largest absolute Gasteiger partial charge is 0.449 e. The highest BCUT2D eigenvalue weighted by Crippen LogP contribution is 2.29. The summed E-state index contributed by atoms with van der Waals surface area (Å²) in [4.78, 5) is 3.73. The van der Waals surface area contributed by atoms with Gasteiger partial charge in [0, 0.05) is 12.3 Å². The molecule has 2 aromatic rings. The maximum atomic E-state index is 13.6. The molecule has 94 valence electrons. The van der Waals surface area contributed by atoms with Crippen molar-refractivity contribution < 1.29 is 18.6 Å². The van der Waals surface area contributed by atoms with E-state index in [1.165, 1.54) is 18.5 Å². The van der Waals surface area contributed by atoms with Crippen molar-refractivity contribution in [2.75, 3.05) is 0 Å². The van der Waals surface area contributed by atoms with Crippen molar-refractivity contribution >= 4 is 11.6 Å². The van der Waals surface area contributed by atoms with E-state index in [2.05, 4.69) is 4.98 Å². The smallest absolute Gasteiger partial charge is 0.198 e. The summed E-state index contributed by atoms with van der Waals surface area (Å²) >= 11 is 5.68. The number of nitrogens with zero attached hydrogens (tertiary/aromatic N) is 1. The minimum Gasteiger partial charge on any atom is -0.449 e. The van der Waals surface area contributed by atoms with Crippen molar-refractivity contribution in [3.05, 3.63) is 52.8 Å². The number of aliphatic hydroxyl groups excluding tert-OH is 1. The number of rotatable bonds is 3. The lowest BCUT2D eigenvalue weighted by Gasteiger charge is -2.08. The third-order valence-electron chi connectivity index (χ3n) is 2.14. The third-order valence-corrected chi connectivity index (χ3v) is 2.35. The van der Waals surface area contributed by atoms with Gasteiger partial charge in [-0.25, -0.2) is 8.78 Å². The van der Waals surface area contributed by atoms with Crippen molar-refractivity contribution in [1.29, 1.82) is 0 Å². The first kappa shape index (κ1) is 12.7. The Labute approximate surface area is 107 Å². The fourth-order valence-electron chi connectivity index (χ4n) is 1.37. The van der Waals surface area contributed by atoms with E-state index in [0.717, 1.165) is 12.1 Å².